The summed E-state index contributed by atoms with van der Waals surface area (Å²) in [5, 5.41) is 11.3. The molecule has 0 radical (unpaired) electrons. The number of fused-ring (bicyclic) bond motifs is 2. The quantitative estimate of drug-likeness (QED) is 0.415. The van der Waals surface area contributed by atoms with Gasteiger partial charge in [-0.15, -0.1) is 11.6 Å². The third-order valence-electron chi connectivity index (χ3n) is 7.05. The third kappa shape index (κ3) is 4.88. The van der Waals surface area contributed by atoms with E-state index in [4.69, 9.17) is 11.6 Å². The van der Waals surface area contributed by atoms with Gasteiger partial charge in [0.15, 0.2) is 5.65 Å². The molecule has 6 rings (SSSR count). The first kappa shape index (κ1) is 23.5. The Morgan fingerprint density at radius 1 is 1.27 bits per heavy atom. The number of hydrogen-bond acceptors (Lipinski definition) is 6. The maximum Gasteiger partial charge on any atom is 0.255 e. The second-order valence-electron chi connectivity index (χ2n) is 9.66. The number of aryl methyl sites for hydroxylation is 1. The molecule has 1 aromatic carbocycles. The van der Waals surface area contributed by atoms with E-state index >= 15 is 0 Å². The number of likely N-dealkylation sites (tertiary alicyclic amines) is 1. The number of imidazole rings is 1. The number of rotatable bonds is 4. The van der Waals surface area contributed by atoms with Gasteiger partial charge in [0.05, 0.1) is 17.6 Å². The average molecular weight is 512 g/mol. The van der Waals surface area contributed by atoms with Crippen molar-refractivity contribution in [2.45, 2.75) is 18.3 Å². The van der Waals surface area contributed by atoms with Crippen LogP contribution in [0.2, 0.25) is 0 Å². The zero-order valence-corrected chi connectivity index (χ0v) is 21.1. The van der Waals surface area contributed by atoms with Crippen molar-refractivity contribution in [3.8, 4) is 11.8 Å². The molecule has 2 N–H and O–H groups in total. The summed E-state index contributed by atoms with van der Waals surface area (Å²) in [6.45, 7) is 4.82. The van der Waals surface area contributed by atoms with E-state index in [1.54, 1.807) is 23.0 Å². The van der Waals surface area contributed by atoms with Crippen molar-refractivity contribution in [1.29, 1.82) is 0 Å². The van der Waals surface area contributed by atoms with E-state index < -0.39 is 0 Å². The second kappa shape index (κ2) is 9.85. The fourth-order valence-corrected chi connectivity index (χ4v) is 5.26. The van der Waals surface area contributed by atoms with Crippen LogP contribution in [0.1, 0.15) is 27.2 Å². The van der Waals surface area contributed by atoms with Gasteiger partial charge in [-0.05, 0) is 54.8 Å². The molecule has 0 bridgehead atoms. The molecule has 0 saturated carbocycles. The summed E-state index contributed by atoms with van der Waals surface area (Å²) in [6.07, 6.45) is 11.4. The Hall–Kier alpha value is -3.93. The molecule has 3 aromatic rings. The van der Waals surface area contributed by atoms with Crippen molar-refractivity contribution in [3.05, 3.63) is 89.0 Å². The zero-order valence-electron chi connectivity index (χ0n) is 20.3. The molecule has 1 aliphatic carbocycles. The molecule has 2 aliphatic heterocycles. The highest BCUT2D eigenvalue weighted by Crippen LogP contribution is 2.26. The summed E-state index contributed by atoms with van der Waals surface area (Å²) in [5.41, 5.74) is 7.60. The lowest BCUT2D eigenvalue weighted by Crippen LogP contribution is -2.35. The molecular formula is C28H26ClN7O. The molecule has 4 heterocycles. The molecular weight excluding hydrogens is 486 g/mol. The van der Waals surface area contributed by atoms with Gasteiger partial charge in [0, 0.05) is 60.7 Å². The Labute approximate surface area is 220 Å². The van der Waals surface area contributed by atoms with Gasteiger partial charge in [0.2, 0.25) is 0 Å². The highest BCUT2D eigenvalue weighted by atomic mass is 35.5. The number of carbonyl (C=O) groups is 1. The lowest BCUT2D eigenvalue weighted by atomic mass is 9.98. The van der Waals surface area contributed by atoms with E-state index in [-0.39, 0.29) is 17.2 Å². The highest BCUT2D eigenvalue weighted by Gasteiger charge is 2.35. The molecule has 4 atom stereocenters. The number of nitrogens with zero attached hydrogens (tertiary/aromatic N) is 5. The number of hydrogen-bond donors (Lipinski definition) is 2. The Kier molecular flexibility index (Phi) is 6.25. The smallest absolute Gasteiger partial charge is 0.255 e. The van der Waals surface area contributed by atoms with E-state index in [9.17, 15) is 4.79 Å². The van der Waals surface area contributed by atoms with Crippen LogP contribution in [0, 0.1) is 30.6 Å². The Morgan fingerprint density at radius 2 is 2.19 bits per heavy atom. The van der Waals surface area contributed by atoms with Crippen LogP contribution in [-0.2, 0) is 0 Å². The van der Waals surface area contributed by atoms with Gasteiger partial charge in [0.1, 0.15) is 5.69 Å². The van der Waals surface area contributed by atoms with Crippen molar-refractivity contribution in [2.75, 3.05) is 19.6 Å². The van der Waals surface area contributed by atoms with Crippen molar-refractivity contribution < 1.29 is 4.79 Å². The largest absolute Gasteiger partial charge is 0.322 e. The maximum atomic E-state index is 13.0. The van der Waals surface area contributed by atoms with Gasteiger partial charge < -0.3 is 10.7 Å². The predicted octanol–water partition coefficient (Wildman–Crippen LogP) is 2.73. The molecule has 8 nitrogen and oxygen atoms in total. The fraction of sp³-hybridized carbons (Fsp3) is 0.286. The van der Waals surface area contributed by atoms with Crippen molar-refractivity contribution >= 4 is 29.4 Å². The summed E-state index contributed by atoms with van der Waals surface area (Å²) in [6, 6.07) is 9.64. The van der Waals surface area contributed by atoms with Crippen LogP contribution in [0.15, 0.2) is 71.8 Å². The standard InChI is InChI=1S/C28H26ClN7O/c1-18-4-5-20(11-19(18)7-9-24-14-30-27-3-2-10-32-36(24)27)28(37)33-23-8-6-21(25(29)12-23)15-35-16-22-13-31-34-26(22)17-35/h2-6,8,10-14,21-22,25-26,34H,15-17H2,1H3,(H,33,37). The molecule has 186 valence electrons. The first-order valence-corrected chi connectivity index (χ1v) is 12.7. The summed E-state index contributed by atoms with van der Waals surface area (Å²) < 4.78 is 1.69. The predicted molar refractivity (Wildman–Crippen MR) is 143 cm³/mol. The Balaban J connectivity index is 1.11. The number of nitrogens with one attached hydrogen (secondary N) is 2. The lowest BCUT2D eigenvalue weighted by molar-refractivity contribution is 0.0966. The lowest BCUT2D eigenvalue weighted by Gasteiger charge is -2.26. The maximum absolute atomic E-state index is 13.0. The molecule has 4 unspecified atom stereocenters. The van der Waals surface area contributed by atoms with Gasteiger partial charge >= 0.3 is 0 Å². The van der Waals surface area contributed by atoms with E-state index in [1.807, 2.05) is 49.6 Å². The molecule has 1 amide bonds. The van der Waals surface area contributed by atoms with Crippen LogP contribution in [0.5, 0.6) is 0 Å². The second-order valence-corrected chi connectivity index (χ2v) is 10.2. The number of benzene rings is 1. The molecule has 1 fully saturated rings. The fourth-order valence-electron chi connectivity index (χ4n) is 4.96. The van der Waals surface area contributed by atoms with Gasteiger partial charge in [-0.3, -0.25) is 9.69 Å². The number of aromatic nitrogens is 3. The average Bonchev–Trinajstić information content (AvgIpc) is 3.60. The summed E-state index contributed by atoms with van der Waals surface area (Å²) in [4.78, 5) is 19.8. The Bertz CT molecular complexity index is 1510. The number of carbonyl (C=O) groups excluding carboxylic acids is 1. The van der Waals surface area contributed by atoms with Crippen LogP contribution < -0.4 is 10.7 Å². The number of hydrazone groups is 1. The number of allylic oxidation sites excluding steroid dienone is 2. The van der Waals surface area contributed by atoms with Crippen LogP contribution in [0.25, 0.3) is 5.65 Å². The topological polar surface area (TPSA) is 86.9 Å². The molecule has 3 aliphatic rings. The number of alkyl halides is 1. The third-order valence-corrected chi connectivity index (χ3v) is 7.50. The first-order chi connectivity index (χ1) is 18.0. The number of amides is 1. The minimum Gasteiger partial charge on any atom is -0.322 e. The highest BCUT2D eigenvalue weighted by molar-refractivity contribution is 6.22. The van der Waals surface area contributed by atoms with Crippen LogP contribution >= 0.6 is 11.6 Å². The van der Waals surface area contributed by atoms with Crippen LogP contribution in [0.4, 0.5) is 0 Å². The Morgan fingerprint density at radius 3 is 3.05 bits per heavy atom. The van der Waals surface area contributed by atoms with Crippen molar-refractivity contribution in [1.82, 2.24) is 30.2 Å². The van der Waals surface area contributed by atoms with Crippen LogP contribution in [-0.4, -0.2) is 62.7 Å². The summed E-state index contributed by atoms with van der Waals surface area (Å²) in [7, 11) is 0. The molecule has 37 heavy (non-hydrogen) atoms. The summed E-state index contributed by atoms with van der Waals surface area (Å²) in [5.74, 6) is 6.77. The van der Waals surface area contributed by atoms with Gasteiger partial charge in [0.25, 0.3) is 5.91 Å². The monoisotopic (exact) mass is 511 g/mol. The van der Waals surface area contributed by atoms with Gasteiger partial charge in [-0.2, -0.15) is 10.2 Å². The van der Waals surface area contributed by atoms with Gasteiger partial charge in [-0.25, -0.2) is 9.50 Å². The molecule has 0 spiro atoms. The van der Waals surface area contributed by atoms with Crippen molar-refractivity contribution in [3.63, 3.8) is 0 Å². The summed E-state index contributed by atoms with van der Waals surface area (Å²) >= 11 is 6.71. The molecule has 2 aromatic heterocycles. The molecule has 9 heteroatoms. The SMILES string of the molecule is Cc1ccc(C(=O)NC2=CC(Cl)C(CN3CC4C=NNC4C3)C=C2)cc1C#Cc1cnc2cccnn12. The van der Waals surface area contributed by atoms with E-state index in [2.05, 4.69) is 48.7 Å². The van der Waals surface area contributed by atoms with E-state index in [0.29, 0.717) is 28.9 Å². The zero-order chi connectivity index (χ0) is 25.4. The van der Waals surface area contributed by atoms with E-state index in [1.165, 1.54) is 0 Å². The molecule has 1 saturated heterocycles. The van der Waals surface area contributed by atoms with Crippen molar-refractivity contribution in [2.24, 2.45) is 16.9 Å². The van der Waals surface area contributed by atoms with Gasteiger partial charge in [-0.1, -0.05) is 18.1 Å². The minimum absolute atomic E-state index is 0.188. The number of halogens is 1. The van der Waals surface area contributed by atoms with Crippen LogP contribution in [0.3, 0.4) is 0 Å². The van der Waals surface area contributed by atoms with E-state index in [0.717, 1.165) is 36.4 Å². The normalized spacial score (nSPS) is 24.3. The first-order valence-electron chi connectivity index (χ1n) is 12.3. The minimum atomic E-state index is -0.199.